The van der Waals surface area contributed by atoms with Crippen molar-refractivity contribution in [3.63, 3.8) is 0 Å². The minimum atomic E-state index is -1.10. The molecule has 1 aromatic rings. The Morgan fingerprint density at radius 2 is 2.27 bits per heavy atom. The highest BCUT2D eigenvalue weighted by Crippen LogP contribution is 2.19. The van der Waals surface area contributed by atoms with Gasteiger partial charge >= 0.3 is 5.97 Å². The Morgan fingerprint density at radius 3 is 2.73 bits per heavy atom. The van der Waals surface area contributed by atoms with Gasteiger partial charge in [0.2, 0.25) is 0 Å². The Kier molecular flexibility index (Phi) is 3.35. The van der Waals surface area contributed by atoms with E-state index in [0.717, 1.165) is 0 Å². The molecule has 1 aromatic carbocycles. The molecule has 0 heterocycles. The number of carbonyl (C=O) groups is 1. The first-order chi connectivity index (χ1) is 7.06. The van der Waals surface area contributed by atoms with Crippen molar-refractivity contribution in [2.24, 2.45) is 0 Å². The molecule has 2 N–H and O–H groups in total. The van der Waals surface area contributed by atoms with Gasteiger partial charge < -0.3 is 10.4 Å². The maximum absolute atomic E-state index is 10.6. The third kappa shape index (κ3) is 2.50. The van der Waals surface area contributed by atoms with Gasteiger partial charge in [-0.3, -0.25) is 10.1 Å². The van der Waals surface area contributed by atoms with Crippen molar-refractivity contribution in [2.75, 3.05) is 7.05 Å². The SMILES string of the molecule is CNCc1cc(C(=O)O)ccc1[N+](=O)[O-]. The van der Waals surface area contributed by atoms with Crippen molar-refractivity contribution in [2.45, 2.75) is 6.54 Å². The lowest BCUT2D eigenvalue weighted by Gasteiger charge is -2.03. The molecule has 0 amide bonds. The number of hydrogen-bond donors (Lipinski definition) is 2. The molecule has 0 aromatic heterocycles. The summed E-state index contributed by atoms with van der Waals surface area (Å²) in [6.45, 7) is 0.261. The Balaban J connectivity index is 3.20. The maximum atomic E-state index is 10.6. The largest absolute Gasteiger partial charge is 0.478 e. The van der Waals surface area contributed by atoms with Gasteiger partial charge in [-0.25, -0.2) is 4.79 Å². The zero-order valence-electron chi connectivity index (χ0n) is 8.06. The molecule has 1 rings (SSSR count). The standard InChI is InChI=1S/C9H10N2O4/c1-10-5-7-4-6(9(12)13)2-3-8(7)11(14)15/h2-4,10H,5H2,1H3,(H,12,13). The second-order valence-corrected chi connectivity index (χ2v) is 2.94. The summed E-state index contributed by atoms with van der Waals surface area (Å²) in [5.41, 5.74) is 0.336. The molecule has 0 aliphatic heterocycles. The number of nitrogens with zero attached hydrogens (tertiary/aromatic N) is 1. The van der Waals surface area contributed by atoms with Crippen molar-refractivity contribution >= 4 is 11.7 Å². The zero-order valence-corrected chi connectivity index (χ0v) is 8.06. The van der Waals surface area contributed by atoms with Gasteiger partial charge in [0, 0.05) is 18.2 Å². The number of nitro groups is 1. The Hall–Kier alpha value is -1.95. The van der Waals surface area contributed by atoms with E-state index >= 15 is 0 Å². The molecule has 0 bridgehead atoms. The Bertz CT molecular complexity index is 403. The second-order valence-electron chi connectivity index (χ2n) is 2.94. The maximum Gasteiger partial charge on any atom is 0.335 e. The number of carboxylic acid groups (broad SMARTS) is 1. The average molecular weight is 210 g/mol. The highest BCUT2D eigenvalue weighted by molar-refractivity contribution is 5.88. The first kappa shape index (κ1) is 11.1. The average Bonchev–Trinajstić information content (AvgIpc) is 2.17. The van der Waals surface area contributed by atoms with E-state index in [4.69, 9.17) is 5.11 Å². The number of benzene rings is 1. The third-order valence-corrected chi connectivity index (χ3v) is 1.89. The van der Waals surface area contributed by atoms with Crippen LogP contribution in [0.2, 0.25) is 0 Å². The molecule has 80 valence electrons. The molecular weight excluding hydrogens is 200 g/mol. The first-order valence-electron chi connectivity index (χ1n) is 4.21. The fraction of sp³-hybridized carbons (Fsp3) is 0.222. The molecule has 0 aliphatic carbocycles. The summed E-state index contributed by atoms with van der Waals surface area (Å²) in [4.78, 5) is 20.7. The Labute approximate surface area is 85.7 Å². The summed E-state index contributed by atoms with van der Waals surface area (Å²) in [6, 6.07) is 3.73. The van der Waals surface area contributed by atoms with Crippen LogP contribution in [0.1, 0.15) is 15.9 Å². The van der Waals surface area contributed by atoms with Crippen molar-refractivity contribution in [3.8, 4) is 0 Å². The number of rotatable bonds is 4. The molecular formula is C9H10N2O4. The van der Waals surface area contributed by atoms with E-state index < -0.39 is 10.9 Å². The van der Waals surface area contributed by atoms with Crippen LogP contribution in [0.25, 0.3) is 0 Å². The van der Waals surface area contributed by atoms with Gasteiger partial charge in [0.25, 0.3) is 5.69 Å². The number of hydrogen-bond acceptors (Lipinski definition) is 4. The third-order valence-electron chi connectivity index (χ3n) is 1.89. The van der Waals surface area contributed by atoms with Crippen LogP contribution in [0.4, 0.5) is 5.69 Å². The molecule has 0 fully saturated rings. The molecule has 0 aliphatic rings. The number of carboxylic acids is 1. The predicted molar refractivity (Wildman–Crippen MR) is 52.8 cm³/mol. The molecule has 6 nitrogen and oxygen atoms in total. The van der Waals surface area contributed by atoms with Gasteiger partial charge in [0.1, 0.15) is 0 Å². The summed E-state index contributed by atoms with van der Waals surface area (Å²) < 4.78 is 0. The smallest absolute Gasteiger partial charge is 0.335 e. The van der Waals surface area contributed by atoms with Crippen LogP contribution >= 0.6 is 0 Å². The molecule has 0 radical (unpaired) electrons. The van der Waals surface area contributed by atoms with Crippen LogP contribution in [-0.4, -0.2) is 23.0 Å². The van der Waals surface area contributed by atoms with E-state index in [-0.39, 0.29) is 17.8 Å². The Morgan fingerprint density at radius 1 is 1.60 bits per heavy atom. The lowest BCUT2D eigenvalue weighted by molar-refractivity contribution is -0.385. The summed E-state index contributed by atoms with van der Waals surface area (Å²) in [5.74, 6) is -1.10. The number of nitrogens with one attached hydrogen (secondary N) is 1. The molecule has 0 atom stereocenters. The van der Waals surface area contributed by atoms with E-state index in [1.54, 1.807) is 7.05 Å². The van der Waals surface area contributed by atoms with Crippen LogP contribution in [0.15, 0.2) is 18.2 Å². The van der Waals surface area contributed by atoms with Crippen LogP contribution < -0.4 is 5.32 Å². The lowest BCUT2D eigenvalue weighted by Crippen LogP contribution is -2.09. The van der Waals surface area contributed by atoms with Gasteiger partial charge in [-0.2, -0.15) is 0 Å². The summed E-state index contributed by atoms with van der Waals surface area (Å²) in [7, 11) is 1.64. The molecule has 0 saturated carbocycles. The van der Waals surface area contributed by atoms with Crippen molar-refractivity contribution in [1.82, 2.24) is 5.32 Å². The minimum absolute atomic E-state index is 0.0471. The van der Waals surface area contributed by atoms with E-state index in [1.807, 2.05) is 0 Å². The van der Waals surface area contributed by atoms with E-state index in [2.05, 4.69) is 5.32 Å². The van der Waals surface area contributed by atoms with Crippen LogP contribution in [0.5, 0.6) is 0 Å². The van der Waals surface area contributed by atoms with Crippen molar-refractivity contribution in [1.29, 1.82) is 0 Å². The van der Waals surface area contributed by atoms with Gasteiger partial charge in [-0.15, -0.1) is 0 Å². The van der Waals surface area contributed by atoms with Gasteiger partial charge in [-0.1, -0.05) is 0 Å². The second kappa shape index (κ2) is 4.52. The summed E-state index contributed by atoms with van der Waals surface area (Å²) in [5, 5.41) is 22.1. The monoisotopic (exact) mass is 210 g/mol. The molecule has 6 heteroatoms. The predicted octanol–water partition coefficient (Wildman–Crippen LogP) is 1.01. The fourth-order valence-electron chi connectivity index (χ4n) is 1.23. The van der Waals surface area contributed by atoms with Gasteiger partial charge in [0.05, 0.1) is 10.5 Å². The summed E-state index contributed by atoms with van der Waals surface area (Å²) in [6.07, 6.45) is 0. The van der Waals surface area contributed by atoms with Gasteiger partial charge in [-0.05, 0) is 19.2 Å². The van der Waals surface area contributed by atoms with Crippen molar-refractivity contribution in [3.05, 3.63) is 39.4 Å². The molecule has 15 heavy (non-hydrogen) atoms. The highest BCUT2D eigenvalue weighted by Gasteiger charge is 2.15. The van der Waals surface area contributed by atoms with E-state index in [0.29, 0.717) is 5.56 Å². The quantitative estimate of drug-likeness (QED) is 0.571. The molecule has 0 unspecified atom stereocenters. The first-order valence-corrected chi connectivity index (χ1v) is 4.21. The van der Waals surface area contributed by atoms with Gasteiger partial charge in [0.15, 0.2) is 0 Å². The fourth-order valence-corrected chi connectivity index (χ4v) is 1.23. The van der Waals surface area contributed by atoms with Crippen LogP contribution in [0.3, 0.4) is 0 Å². The number of nitro benzene ring substituents is 1. The normalized spacial score (nSPS) is 9.93. The topological polar surface area (TPSA) is 92.5 Å². The van der Waals surface area contributed by atoms with Crippen LogP contribution in [0, 0.1) is 10.1 Å². The van der Waals surface area contributed by atoms with Crippen molar-refractivity contribution < 1.29 is 14.8 Å². The number of aromatic carboxylic acids is 1. The molecule has 0 spiro atoms. The minimum Gasteiger partial charge on any atom is -0.478 e. The van der Waals surface area contributed by atoms with Crippen LogP contribution in [-0.2, 0) is 6.54 Å². The van der Waals surface area contributed by atoms with E-state index in [9.17, 15) is 14.9 Å². The zero-order chi connectivity index (χ0) is 11.4. The lowest BCUT2D eigenvalue weighted by atomic mass is 10.1. The van der Waals surface area contributed by atoms with E-state index in [1.165, 1.54) is 18.2 Å². The highest BCUT2D eigenvalue weighted by atomic mass is 16.6. The molecule has 0 saturated heterocycles. The summed E-state index contributed by atoms with van der Waals surface area (Å²) >= 11 is 0.